The van der Waals surface area contributed by atoms with Crippen molar-refractivity contribution in [3.8, 4) is 0 Å². The summed E-state index contributed by atoms with van der Waals surface area (Å²) in [6.45, 7) is 5.32. The first-order chi connectivity index (χ1) is 19.6. The Morgan fingerprint density at radius 1 is 1.07 bits per heavy atom. The van der Waals surface area contributed by atoms with E-state index < -0.39 is 34.1 Å². The molecule has 0 aromatic rings. The minimum Gasteiger partial charge on any atom is -0.458 e. The SMILES string of the molecule is C[C@@H]1C[C@]2(NCCS2)[C@]2(O)O[C@@H]3C[C@@]4(C=O)[C@@H](CC[C@@H]5[C@@H]4CC[C@]4(C)[C@@H](C6=CC(=O)OC6)CC[C@]54O)C[C@H]3O[C@@H]2O1. The molecule has 4 heterocycles. The zero-order chi connectivity index (χ0) is 28.4. The lowest BCUT2D eigenvalue weighted by Crippen LogP contribution is -2.76. The van der Waals surface area contributed by atoms with Crippen LogP contribution in [0.2, 0.25) is 0 Å². The predicted octanol–water partition coefficient (Wildman–Crippen LogP) is 2.67. The van der Waals surface area contributed by atoms with E-state index >= 15 is 0 Å². The highest BCUT2D eigenvalue weighted by Crippen LogP contribution is 2.70. The Kier molecular flexibility index (Phi) is 6.06. The summed E-state index contributed by atoms with van der Waals surface area (Å²) < 4.78 is 24.7. The van der Waals surface area contributed by atoms with Gasteiger partial charge >= 0.3 is 5.97 Å². The fourth-order valence-electron chi connectivity index (χ4n) is 11.2. The number of rotatable bonds is 2. The maximum Gasteiger partial charge on any atom is 0.331 e. The second-order valence-electron chi connectivity index (χ2n) is 14.6. The van der Waals surface area contributed by atoms with E-state index in [0.29, 0.717) is 32.3 Å². The van der Waals surface area contributed by atoms with Crippen LogP contribution in [-0.4, -0.2) is 82.2 Å². The number of carbonyl (C=O) groups excluding carboxylic acids is 2. The molecule has 0 amide bonds. The number of ether oxygens (including phenoxy) is 4. The van der Waals surface area contributed by atoms with Crippen LogP contribution in [0.1, 0.15) is 71.6 Å². The van der Waals surface area contributed by atoms with Crippen LogP contribution in [0.4, 0.5) is 0 Å². The zero-order valence-corrected chi connectivity index (χ0v) is 24.8. The lowest BCUT2D eigenvalue weighted by molar-refractivity contribution is -0.448. The van der Waals surface area contributed by atoms with Gasteiger partial charge in [-0.25, -0.2) is 4.79 Å². The topological polar surface area (TPSA) is 124 Å². The molecule has 1 spiro atoms. The number of fused-ring (bicyclic) bond motifs is 8. The third-order valence-corrected chi connectivity index (χ3v) is 14.6. The summed E-state index contributed by atoms with van der Waals surface area (Å²) in [5, 5.41) is 28.2. The van der Waals surface area contributed by atoms with Gasteiger partial charge in [-0.05, 0) is 87.5 Å². The van der Waals surface area contributed by atoms with E-state index in [2.05, 4.69) is 12.2 Å². The second kappa shape index (κ2) is 9.02. The van der Waals surface area contributed by atoms with Crippen LogP contribution in [0.5, 0.6) is 0 Å². The smallest absolute Gasteiger partial charge is 0.331 e. The van der Waals surface area contributed by atoms with Crippen LogP contribution in [0.25, 0.3) is 0 Å². The molecule has 4 aliphatic heterocycles. The number of hydrogen-bond donors (Lipinski definition) is 3. The summed E-state index contributed by atoms with van der Waals surface area (Å²) in [5.74, 6) is -0.765. The minimum atomic E-state index is -1.65. The molecule has 4 saturated carbocycles. The molecule has 3 saturated heterocycles. The average Bonchev–Trinajstić information content (AvgIpc) is 3.65. The number of hydrogen-bond acceptors (Lipinski definition) is 10. The van der Waals surface area contributed by atoms with Crippen LogP contribution < -0.4 is 5.32 Å². The summed E-state index contributed by atoms with van der Waals surface area (Å²) in [6.07, 6.45) is 7.86. The lowest BCUT2D eigenvalue weighted by atomic mass is 9.42. The number of carbonyl (C=O) groups is 2. The van der Waals surface area contributed by atoms with Gasteiger partial charge in [0.25, 0.3) is 0 Å². The van der Waals surface area contributed by atoms with Gasteiger partial charge in [0.2, 0.25) is 12.1 Å². The number of aliphatic hydroxyl groups is 2. The normalized spacial score (nSPS) is 57.6. The Labute approximate surface area is 245 Å². The van der Waals surface area contributed by atoms with E-state index in [1.165, 1.54) is 6.29 Å². The largest absolute Gasteiger partial charge is 0.458 e. The van der Waals surface area contributed by atoms with Gasteiger partial charge in [-0.2, -0.15) is 0 Å². The first kappa shape index (κ1) is 27.5. The third-order valence-electron chi connectivity index (χ3n) is 13.1. The first-order valence-corrected chi connectivity index (χ1v) is 16.7. The molecule has 0 bridgehead atoms. The summed E-state index contributed by atoms with van der Waals surface area (Å²) in [7, 11) is 0. The van der Waals surface area contributed by atoms with Gasteiger partial charge in [-0.3, -0.25) is 5.32 Å². The van der Waals surface area contributed by atoms with E-state index in [4.69, 9.17) is 18.9 Å². The molecule has 3 N–H and O–H groups in total. The minimum absolute atomic E-state index is 0.000442. The molecule has 0 aromatic carbocycles. The maximum absolute atomic E-state index is 13.3. The monoisotopic (exact) mass is 589 g/mol. The first-order valence-electron chi connectivity index (χ1n) is 15.7. The highest BCUT2D eigenvalue weighted by atomic mass is 32.2. The molecule has 0 unspecified atom stereocenters. The van der Waals surface area contributed by atoms with Crippen molar-refractivity contribution >= 4 is 24.0 Å². The molecular weight excluding hydrogens is 546 g/mol. The molecule has 7 fully saturated rings. The molecule has 0 radical (unpaired) electrons. The van der Waals surface area contributed by atoms with E-state index in [-0.39, 0.29) is 47.3 Å². The molecule has 226 valence electrons. The number of esters is 1. The number of thioether (sulfide) groups is 1. The highest BCUT2D eigenvalue weighted by molar-refractivity contribution is 8.01. The Bertz CT molecular complexity index is 1170. The quantitative estimate of drug-likeness (QED) is 0.252. The Morgan fingerprint density at radius 3 is 2.66 bits per heavy atom. The standard InChI is InChI=1S/C31H43NO8S/c1-17-13-30(32-9-10-41-30)31(36)26(38-17)39-23-12-19-3-4-22-21(28(19,16-33)14-24(23)40-31)5-7-27(2)20(6-8-29(22,27)35)18-11-25(34)37-15-18/h11,16-17,19-24,26,32,35-36H,3-10,12-15H2,1-2H3/t17-,19+,20-,21+,22-,23-,24-,26+,27-,28-,29+,30-,31-/m1/s1. The van der Waals surface area contributed by atoms with Crippen molar-refractivity contribution in [1.82, 2.24) is 5.32 Å². The molecule has 41 heavy (non-hydrogen) atoms. The second-order valence-corrected chi connectivity index (χ2v) is 16.0. The van der Waals surface area contributed by atoms with Crippen LogP contribution >= 0.6 is 11.8 Å². The summed E-state index contributed by atoms with van der Waals surface area (Å²) in [5.41, 5.74) is -0.884. The van der Waals surface area contributed by atoms with Gasteiger partial charge in [0.1, 0.15) is 17.8 Å². The Morgan fingerprint density at radius 2 is 1.93 bits per heavy atom. The molecule has 8 rings (SSSR count). The molecular formula is C31H43NO8S. The van der Waals surface area contributed by atoms with E-state index in [9.17, 15) is 19.8 Å². The van der Waals surface area contributed by atoms with Gasteiger partial charge < -0.3 is 34.0 Å². The van der Waals surface area contributed by atoms with Crippen LogP contribution in [0.3, 0.4) is 0 Å². The molecule has 9 nitrogen and oxygen atoms in total. The van der Waals surface area contributed by atoms with Gasteiger partial charge in [-0.1, -0.05) is 6.92 Å². The number of cyclic esters (lactones) is 1. The van der Waals surface area contributed by atoms with Crippen LogP contribution in [-0.2, 0) is 28.5 Å². The third kappa shape index (κ3) is 3.47. The van der Waals surface area contributed by atoms with Gasteiger partial charge in [0.05, 0.1) is 23.9 Å². The number of nitrogens with one attached hydrogen (secondary N) is 1. The fraction of sp³-hybridized carbons (Fsp3) is 0.871. The molecule has 10 heteroatoms. The predicted molar refractivity (Wildman–Crippen MR) is 148 cm³/mol. The molecule has 0 aromatic heterocycles. The van der Waals surface area contributed by atoms with Gasteiger partial charge in [0.15, 0.2) is 0 Å². The average molecular weight is 590 g/mol. The molecule has 8 aliphatic rings. The molecule has 13 atom stereocenters. The molecule has 4 aliphatic carbocycles. The summed E-state index contributed by atoms with van der Waals surface area (Å²) in [6, 6.07) is 0. The lowest BCUT2D eigenvalue weighted by Gasteiger charge is -2.65. The van der Waals surface area contributed by atoms with E-state index in [1.807, 2.05) is 6.92 Å². The van der Waals surface area contributed by atoms with Crippen molar-refractivity contribution in [3.05, 3.63) is 11.6 Å². The highest BCUT2D eigenvalue weighted by Gasteiger charge is 2.72. The maximum atomic E-state index is 13.3. The number of aldehydes is 1. The van der Waals surface area contributed by atoms with E-state index in [1.54, 1.807) is 17.8 Å². The van der Waals surface area contributed by atoms with Crippen molar-refractivity contribution in [2.75, 3.05) is 18.9 Å². The van der Waals surface area contributed by atoms with Crippen LogP contribution in [0, 0.1) is 34.5 Å². The van der Waals surface area contributed by atoms with E-state index in [0.717, 1.165) is 50.0 Å². The van der Waals surface area contributed by atoms with Crippen molar-refractivity contribution in [2.45, 2.75) is 112 Å². The zero-order valence-electron chi connectivity index (χ0n) is 24.0. The fourth-order valence-corrected chi connectivity index (χ4v) is 12.6. The Hall–Kier alpha value is -1.01. The van der Waals surface area contributed by atoms with Gasteiger partial charge in [0, 0.05) is 35.6 Å². The van der Waals surface area contributed by atoms with Crippen molar-refractivity contribution in [3.63, 3.8) is 0 Å². The van der Waals surface area contributed by atoms with Crippen LogP contribution in [0.15, 0.2) is 11.6 Å². The van der Waals surface area contributed by atoms with Crippen molar-refractivity contribution in [2.24, 2.45) is 34.5 Å². The van der Waals surface area contributed by atoms with Gasteiger partial charge in [-0.15, -0.1) is 11.8 Å². The van der Waals surface area contributed by atoms with Crippen molar-refractivity contribution in [1.29, 1.82) is 0 Å². The van der Waals surface area contributed by atoms with Crippen molar-refractivity contribution < 1.29 is 38.7 Å². The summed E-state index contributed by atoms with van der Waals surface area (Å²) >= 11 is 1.68. The summed E-state index contributed by atoms with van der Waals surface area (Å²) in [4.78, 5) is 24.5. The Balaban J connectivity index is 1.10.